The molecule has 5 nitrogen and oxygen atoms in total. The van der Waals surface area contributed by atoms with Crippen LogP contribution in [0.5, 0.6) is 0 Å². The Bertz CT molecular complexity index is 499. The fraction of sp³-hybridized carbons (Fsp3) is 0.375. The standard InChI is InChI=1S/C16H21NO4/c1-3-9-21-10-5-8-15(18)17-14-7-4-6-13(11-14)12(2)16(19)20/h3-4,6-7,11-12H,1,5,8-10H2,2H3,(H,17,18)(H,19,20). The molecule has 5 heteroatoms. The van der Waals surface area contributed by atoms with E-state index in [9.17, 15) is 9.59 Å². The minimum atomic E-state index is -0.891. The van der Waals surface area contributed by atoms with E-state index in [-0.39, 0.29) is 5.91 Å². The first kappa shape index (κ1) is 16.9. The number of ether oxygens (including phenoxy) is 1. The van der Waals surface area contributed by atoms with Gasteiger partial charge in [-0.05, 0) is 31.0 Å². The molecule has 1 rings (SSSR count). The van der Waals surface area contributed by atoms with Crippen molar-refractivity contribution in [3.8, 4) is 0 Å². The van der Waals surface area contributed by atoms with Gasteiger partial charge in [0, 0.05) is 18.7 Å². The smallest absolute Gasteiger partial charge is 0.310 e. The minimum absolute atomic E-state index is 0.114. The third-order valence-corrected chi connectivity index (χ3v) is 2.97. The molecule has 1 amide bonds. The first-order chi connectivity index (χ1) is 10.0. The molecule has 0 aliphatic rings. The van der Waals surface area contributed by atoms with Crippen molar-refractivity contribution in [3.63, 3.8) is 0 Å². The zero-order valence-electron chi connectivity index (χ0n) is 12.2. The van der Waals surface area contributed by atoms with Crippen molar-refractivity contribution < 1.29 is 19.4 Å². The largest absolute Gasteiger partial charge is 0.481 e. The molecule has 0 spiro atoms. The lowest BCUT2D eigenvalue weighted by molar-refractivity contribution is -0.138. The van der Waals surface area contributed by atoms with Crippen LogP contribution in [-0.2, 0) is 14.3 Å². The second-order valence-corrected chi connectivity index (χ2v) is 4.70. The van der Waals surface area contributed by atoms with E-state index in [2.05, 4.69) is 11.9 Å². The van der Waals surface area contributed by atoms with Gasteiger partial charge in [0.25, 0.3) is 0 Å². The van der Waals surface area contributed by atoms with Gasteiger partial charge < -0.3 is 15.2 Å². The van der Waals surface area contributed by atoms with Crippen LogP contribution in [0.15, 0.2) is 36.9 Å². The summed E-state index contributed by atoms with van der Waals surface area (Å²) >= 11 is 0. The molecule has 0 saturated heterocycles. The van der Waals surface area contributed by atoms with Crippen molar-refractivity contribution in [2.45, 2.75) is 25.7 Å². The van der Waals surface area contributed by atoms with Crippen molar-refractivity contribution in [3.05, 3.63) is 42.5 Å². The zero-order chi connectivity index (χ0) is 15.7. The maximum absolute atomic E-state index is 11.8. The van der Waals surface area contributed by atoms with Gasteiger partial charge in [-0.15, -0.1) is 6.58 Å². The number of amides is 1. The van der Waals surface area contributed by atoms with E-state index in [1.807, 2.05) is 0 Å². The third-order valence-electron chi connectivity index (χ3n) is 2.97. The predicted molar refractivity (Wildman–Crippen MR) is 81.4 cm³/mol. The monoisotopic (exact) mass is 291 g/mol. The number of carbonyl (C=O) groups is 2. The van der Waals surface area contributed by atoms with E-state index in [0.717, 1.165) is 0 Å². The maximum atomic E-state index is 11.8. The van der Waals surface area contributed by atoms with E-state index < -0.39 is 11.9 Å². The van der Waals surface area contributed by atoms with Gasteiger partial charge in [-0.25, -0.2) is 0 Å². The normalized spacial score (nSPS) is 11.7. The van der Waals surface area contributed by atoms with Crippen LogP contribution in [0.4, 0.5) is 5.69 Å². The van der Waals surface area contributed by atoms with Crippen LogP contribution in [0, 0.1) is 0 Å². The summed E-state index contributed by atoms with van der Waals surface area (Å²) in [7, 11) is 0. The number of benzene rings is 1. The lowest BCUT2D eigenvalue weighted by Gasteiger charge is -2.10. The molecule has 0 aliphatic heterocycles. The molecule has 0 aromatic heterocycles. The van der Waals surface area contributed by atoms with Gasteiger partial charge in [0.05, 0.1) is 12.5 Å². The highest BCUT2D eigenvalue weighted by Gasteiger charge is 2.14. The summed E-state index contributed by atoms with van der Waals surface area (Å²) in [5.41, 5.74) is 1.27. The Morgan fingerprint density at radius 2 is 2.24 bits per heavy atom. The van der Waals surface area contributed by atoms with Crippen LogP contribution in [0.25, 0.3) is 0 Å². The fourth-order valence-corrected chi connectivity index (χ4v) is 1.75. The van der Waals surface area contributed by atoms with E-state index in [1.54, 1.807) is 37.3 Å². The molecule has 1 aromatic rings. The van der Waals surface area contributed by atoms with Gasteiger partial charge in [-0.3, -0.25) is 9.59 Å². The number of anilines is 1. The lowest BCUT2D eigenvalue weighted by atomic mass is 10.0. The Labute approximate surface area is 124 Å². The minimum Gasteiger partial charge on any atom is -0.481 e. The Morgan fingerprint density at radius 3 is 2.90 bits per heavy atom. The predicted octanol–water partition coefficient (Wildman–Crippen LogP) is 2.80. The summed E-state index contributed by atoms with van der Waals surface area (Å²) in [4.78, 5) is 22.7. The van der Waals surface area contributed by atoms with E-state index in [1.165, 1.54) is 0 Å². The number of carboxylic acids is 1. The van der Waals surface area contributed by atoms with Crippen molar-refractivity contribution in [1.82, 2.24) is 0 Å². The Morgan fingerprint density at radius 1 is 1.48 bits per heavy atom. The molecule has 0 heterocycles. The summed E-state index contributed by atoms with van der Waals surface area (Å²) in [6, 6.07) is 6.89. The third kappa shape index (κ3) is 6.23. The molecule has 1 aromatic carbocycles. The summed E-state index contributed by atoms with van der Waals surface area (Å²) in [5, 5.41) is 11.7. The summed E-state index contributed by atoms with van der Waals surface area (Å²) in [6.45, 7) is 6.14. The van der Waals surface area contributed by atoms with Crippen LogP contribution in [0.3, 0.4) is 0 Å². The maximum Gasteiger partial charge on any atom is 0.310 e. The molecule has 2 N–H and O–H groups in total. The van der Waals surface area contributed by atoms with E-state index in [4.69, 9.17) is 9.84 Å². The highest BCUT2D eigenvalue weighted by molar-refractivity contribution is 5.91. The Balaban J connectivity index is 2.47. The molecule has 1 atom stereocenters. The number of rotatable bonds is 9. The molecular formula is C16H21NO4. The summed E-state index contributed by atoms with van der Waals surface area (Å²) < 4.78 is 5.20. The van der Waals surface area contributed by atoms with Gasteiger partial charge in [-0.1, -0.05) is 18.2 Å². The lowest BCUT2D eigenvalue weighted by Crippen LogP contribution is -2.13. The SMILES string of the molecule is C=CCOCCCC(=O)Nc1cccc(C(C)C(=O)O)c1. The highest BCUT2D eigenvalue weighted by atomic mass is 16.5. The number of carboxylic acid groups (broad SMARTS) is 1. The second kappa shape index (κ2) is 8.92. The molecule has 0 aliphatic carbocycles. The van der Waals surface area contributed by atoms with Gasteiger partial charge in [0.1, 0.15) is 0 Å². The zero-order valence-corrected chi connectivity index (χ0v) is 12.2. The number of nitrogens with one attached hydrogen (secondary N) is 1. The van der Waals surface area contributed by atoms with Crippen molar-refractivity contribution >= 4 is 17.6 Å². The number of hydrogen-bond donors (Lipinski definition) is 2. The van der Waals surface area contributed by atoms with Gasteiger partial charge in [0.15, 0.2) is 0 Å². The first-order valence-electron chi connectivity index (χ1n) is 6.86. The Hall–Kier alpha value is -2.14. The first-order valence-corrected chi connectivity index (χ1v) is 6.86. The fourth-order valence-electron chi connectivity index (χ4n) is 1.75. The average molecular weight is 291 g/mol. The summed E-state index contributed by atoms with van der Waals surface area (Å²) in [5.74, 6) is -1.61. The molecule has 1 unspecified atom stereocenters. The van der Waals surface area contributed by atoms with Crippen LogP contribution < -0.4 is 5.32 Å². The number of carbonyl (C=O) groups excluding carboxylic acids is 1. The van der Waals surface area contributed by atoms with Crippen molar-refractivity contribution in [2.75, 3.05) is 18.5 Å². The summed E-state index contributed by atoms with van der Waals surface area (Å²) in [6.07, 6.45) is 2.65. The highest BCUT2D eigenvalue weighted by Crippen LogP contribution is 2.19. The van der Waals surface area contributed by atoms with Crippen LogP contribution >= 0.6 is 0 Å². The molecule has 114 valence electrons. The van der Waals surface area contributed by atoms with Crippen LogP contribution in [-0.4, -0.2) is 30.2 Å². The van der Waals surface area contributed by atoms with Gasteiger partial charge >= 0.3 is 5.97 Å². The van der Waals surface area contributed by atoms with Gasteiger partial charge in [0.2, 0.25) is 5.91 Å². The second-order valence-electron chi connectivity index (χ2n) is 4.70. The molecule has 21 heavy (non-hydrogen) atoms. The van der Waals surface area contributed by atoms with Crippen LogP contribution in [0.2, 0.25) is 0 Å². The average Bonchev–Trinajstić information content (AvgIpc) is 2.46. The Kier molecular flexibility index (Phi) is 7.18. The molecule has 0 radical (unpaired) electrons. The van der Waals surface area contributed by atoms with E-state index in [0.29, 0.717) is 37.3 Å². The molecule has 0 saturated carbocycles. The number of aliphatic carboxylic acids is 1. The number of hydrogen-bond acceptors (Lipinski definition) is 3. The molecule has 0 fully saturated rings. The molecule has 0 bridgehead atoms. The van der Waals surface area contributed by atoms with Crippen molar-refractivity contribution in [2.24, 2.45) is 0 Å². The van der Waals surface area contributed by atoms with E-state index >= 15 is 0 Å². The van der Waals surface area contributed by atoms with Crippen molar-refractivity contribution in [1.29, 1.82) is 0 Å². The molecular weight excluding hydrogens is 270 g/mol. The van der Waals surface area contributed by atoms with Gasteiger partial charge in [-0.2, -0.15) is 0 Å². The quantitative estimate of drug-likeness (QED) is 0.542. The topological polar surface area (TPSA) is 75.6 Å². The van der Waals surface area contributed by atoms with Crippen LogP contribution in [0.1, 0.15) is 31.2 Å².